The van der Waals surface area contributed by atoms with Crippen LogP contribution in [0.15, 0.2) is 85.2 Å². The molecule has 1 aliphatic rings. The van der Waals surface area contributed by atoms with E-state index in [0.717, 1.165) is 64.7 Å². The van der Waals surface area contributed by atoms with Crippen molar-refractivity contribution in [3.05, 3.63) is 107 Å². The van der Waals surface area contributed by atoms with Crippen LogP contribution in [0.25, 0.3) is 22.0 Å². The van der Waals surface area contributed by atoms with Crippen molar-refractivity contribution in [2.75, 3.05) is 18.4 Å². The van der Waals surface area contributed by atoms with Gasteiger partial charge in [0.15, 0.2) is 5.78 Å². The van der Waals surface area contributed by atoms with Crippen molar-refractivity contribution in [2.24, 2.45) is 0 Å². The molecule has 3 aromatic carbocycles. The second-order valence-corrected chi connectivity index (χ2v) is 12.1. The van der Waals surface area contributed by atoms with Crippen molar-refractivity contribution in [1.82, 2.24) is 20.3 Å². The minimum atomic E-state index is -0.458. The van der Waals surface area contributed by atoms with Gasteiger partial charge in [0, 0.05) is 42.4 Å². The van der Waals surface area contributed by atoms with E-state index >= 15 is 0 Å². The summed E-state index contributed by atoms with van der Waals surface area (Å²) in [5, 5.41) is 8.74. The minimum absolute atomic E-state index is 0.0319. The Kier molecular flexibility index (Phi) is 8.59. The Bertz CT molecular complexity index is 1900. The van der Waals surface area contributed by atoms with E-state index in [4.69, 9.17) is 16.1 Å². The maximum absolute atomic E-state index is 13.5. The molecule has 1 aliphatic heterocycles. The number of carbonyl (C=O) groups excluding carboxylic acids is 1. The normalized spacial score (nSPS) is 14.9. The smallest absolute Gasteiger partial charge is 0.228 e. The number of fused-ring (bicyclic) bond motifs is 1. The number of Topliss-reactive ketones (excluding diaryl/α,β-unsaturated/α-hetero) is 1. The van der Waals surface area contributed by atoms with Crippen molar-refractivity contribution in [3.63, 3.8) is 0 Å². The van der Waals surface area contributed by atoms with Gasteiger partial charge in [-0.1, -0.05) is 54.5 Å². The van der Waals surface area contributed by atoms with Gasteiger partial charge in [0.25, 0.3) is 0 Å². The van der Waals surface area contributed by atoms with Crippen LogP contribution in [0, 0.1) is 19.3 Å². The maximum Gasteiger partial charge on any atom is 0.228 e. The van der Waals surface area contributed by atoms with Gasteiger partial charge in [-0.05, 0) is 86.5 Å². The predicted octanol–water partition coefficient (Wildman–Crippen LogP) is 7.29. The lowest BCUT2D eigenvalue weighted by atomic mass is 9.84. The molecular formula is C38H37N5O2. The van der Waals surface area contributed by atoms with E-state index in [1.54, 1.807) is 12.4 Å². The number of benzene rings is 3. The number of hydrogen-bond donors (Lipinski definition) is 2. The van der Waals surface area contributed by atoms with Gasteiger partial charge in [-0.2, -0.15) is 0 Å². The molecule has 0 amide bonds. The first kappa shape index (κ1) is 30.0. The lowest BCUT2D eigenvalue weighted by molar-refractivity contribution is 0.0993. The Labute approximate surface area is 264 Å². The number of nitrogens with one attached hydrogen (secondary N) is 2. The van der Waals surface area contributed by atoms with E-state index in [0.29, 0.717) is 23.1 Å². The molecule has 7 nitrogen and oxygen atoms in total. The molecule has 45 heavy (non-hydrogen) atoms. The molecule has 6 rings (SSSR count). The van der Waals surface area contributed by atoms with Gasteiger partial charge < -0.3 is 15.4 Å². The van der Waals surface area contributed by atoms with Gasteiger partial charge >= 0.3 is 0 Å². The molecule has 226 valence electrons. The monoisotopic (exact) mass is 595 g/mol. The zero-order valence-corrected chi connectivity index (χ0v) is 25.9. The number of ether oxygens (including phenoxy) is 1. The molecule has 7 heteroatoms. The lowest BCUT2D eigenvalue weighted by Gasteiger charge is -2.23. The SMILES string of the molecule is C#CC(C)(C)c1cccc(C(=O)Cc2cccc3c(Oc4ncccc4-c4ccnc(N[C@H]5CCCNC5)n4)c(C)ccc23)c1. The summed E-state index contributed by atoms with van der Waals surface area (Å²) in [6.45, 7) is 7.90. The van der Waals surface area contributed by atoms with Crippen molar-refractivity contribution in [3.8, 4) is 35.2 Å². The summed E-state index contributed by atoms with van der Waals surface area (Å²) in [7, 11) is 0. The average Bonchev–Trinajstić information content (AvgIpc) is 3.07. The van der Waals surface area contributed by atoms with Crippen LogP contribution in [-0.2, 0) is 11.8 Å². The molecule has 2 N–H and O–H groups in total. The van der Waals surface area contributed by atoms with Crippen LogP contribution < -0.4 is 15.4 Å². The van der Waals surface area contributed by atoms with Crippen LogP contribution >= 0.6 is 0 Å². The van der Waals surface area contributed by atoms with Crippen molar-refractivity contribution < 1.29 is 9.53 Å². The number of anilines is 1. The highest BCUT2D eigenvalue weighted by Crippen LogP contribution is 2.38. The quantitative estimate of drug-likeness (QED) is 0.137. The molecule has 0 saturated carbocycles. The van der Waals surface area contributed by atoms with Crippen molar-refractivity contribution in [1.29, 1.82) is 0 Å². The zero-order chi connectivity index (χ0) is 31.4. The molecule has 1 atom stereocenters. The molecule has 1 saturated heterocycles. The highest BCUT2D eigenvalue weighted by Gasteiger charge is 2.20. The van der Waals surface area contributed by atoms with E-state index in [1.807, 2.05) is 87.5 Å². The highest BCUT2D eigenvalue weighted by atomic mass is 16.5. The third-order valence-electron chi connectivity index (χ3n) is 8.45. The molecule has 1 fully saturated rings. The summed E-state index contributed by atoms with van der Waals surface area (Å²) in [4.78, 5) is 27.4. The summed E-state index contributed by atoms with van der Waals surface area (Å²) in [5.41, 5.74) is 4.51. The summed E-state index contributed by atoms with van der Waals surface area (Å²) in [6, 6.07) is 23.7. The molecule has 0 aliphatic carbocycles. The Balaban J connectivity index is 1.30. The highest BCUT2D eigenvalue weighted by molar-refractivity contribution is 6.01. The lowest BCUT2D eigenvalue weighted by Crippen LogP contribution is -2.38. The van der Waals surface area contributed by atoms with Gasteiger partial charge in [-0.3, -0.25) is 4.79 Å². The van der Waals surface area contributed by atoms with Gasteiger partial charge in [-0.15, -0.1) is 6.42 Å². The number of aromatic nitrogens is 3. The fourth-order valence-corrected chi connectivity index (χ4v) is 5.73. The molecule has 0 radical (unpaired) electrons. The first-order valence-corrected chi connectivity index (χ1v) is 15.4. The summed E-state index contributed by atoms with van der Waals surface area (Å²) >= 11 is 0. The van der Waals surface area contributed by atoms with Crippen LogP contribution in [0.4, 0.5) is 5.95 Å². The van der Waals surface area contributed by atoms with E-state index in [-0.39, 0.29) is 18.2 Å². The van der Waals surface area contributed by atoms with Gasteiger partial charge in [0.05, 0.1) is 16.7 Å². The van der Waals surface area contributed by atoms with E-state index in [2.05, 4.69) is 32.6 Å². The third kappa shape index (κ3) is 6.57. The Hall–Kier alpha value is -5.06. The van der Waals surface area contributed by atoms with Gasteiger partial charge in [0.2, 0.25) is 11.8 Å². The van der Waals surface area contributed by atoms with Crippen LogP contribution in [0.2, 0.25) is 0 Å². The van der Waals surface area contributed by atoms with E-state index in [9.17, 15) is 4.79 Å². The minimum Gasteiger partial charge on any atom is -0.437 e. The second-order valence-electron chi connectivity index (χ2n) is 12.1. The largest absolute Gasteiger partial charge is 0.437 e. The van der Waals surface area contributed by atoms with Gasteiger partial charge in [-0.25, -0.2) is 15.0 Å². The molecule has 0 spiro atoms. The van der Waals surface area contributed by atoms with Crippen LogP contribution in [0.1, 0.15) is 53.7 Å². The Morgan fingerprint density at radius 3 is 2.73 bits per heavy atom. The fraction of sp³-hybridized carbons (Fsp3) is 0.263. The fourth-order valence-electron chi connectivity index (χ4n) is 5.73. The summed E-state index contributed by atoms with van der Waals surface area (Å²) in [6.07, 6.45) is 11.7. The predicted molar refractivity (Wildman–Crippen MR) is 180 cm³/mol. The Morgan fingerprint density at radius 2 is 1.91 bits per heavy atom. The molecular weight excluding hydrogens is 558 g/mol. The number of ketones is 1. The van der Waals surface area contributed by atoms with Crippen LogP contribution in [0.3, 0.4) is 0 Å². The third-order valence-corrected chi connectivity index (χ3v) is 8.45. The standard InChI is InChI=1S/C38H37N5O2/c1-5-38(3,4)28-12-6-11-27(22-28)34(44)23-26-10-7-14-31-30(26)17-16-25(2)35(31)45-36-32(15-9-20-40-36)33-18-21-41-37(43-33)42-29-13-8-19-39-24-29/h1,6-7,9-12,14-18,20-22,29,39H,8,13,19,23-24H2,2-4H3,(H,41,42,43)/t29-/m0/s1. The van der Waals surface area contributed by atoms with Crippen molar-refractivity contribution in [2.45, 2.75) is 51.5 Å². The molecule has 0 unspecified atom stereocenters. The number of rotatable bonds is 9. The molecule has 3 heterocycles. The first-order chi connectivity index (χ1) is 21.8. The van der Waals surface area contributed by atoms with Crippen molar-refractivity contribution >= 4 is 22.5 Å². The van der Waals surface area contributed by atoms with E-state index in [1.165, 1.54) is 0 Å². The van der Waals surface area contributed by atoms with Crippen LogP contribution in [0.5, 0.6) is 11.6 Å². The molecule has 0 bridgehead atoms. The number of hydrogen-bond acceptors (Lipinski definition) is 7. The number of piperidine rings is 1. The second kappa shape index (κ2) is 12.9. The topological polar surface area (TPSA) is 89.0 Å². The number of terminal acetylenes is 1. The molecule has 2 aromatic heterocycles. The summed E-state index contributed by atoms with van der Waals surface area (Å²) in [5.74, 6) is 4.58. The average molecular weight is 596 g/mol. The maximum atomic E-state index is 13.5. The Morgan fingerprint density at radius 1 is 1.04 bits per heavy atom. The number of carbonyl (C=O) groups is 1. The van der Waals surface area contributed by atoms with E-state index < -0.39 is 5.41 Å². The number of pyridine rings is 1. The first-order valence-electron chi connectivity index (χ1n) is 15.4. The number of nitrogens with zero attached hydrogens (tertiary/aromatic N) is 3. The van der Waals surface area contributed by atoms with Crippen LogP contribution in [-0.4, -0.2) is 39.9 Å². The zero-order valence-electron chi connectivity index (χ0n) is 25.9. The number of aryl methyl sites for hydroxylation is 1. The summed E-state index contributed by atoms with van der Waals surface area (Å²) < 4.78 is 6.60. The molecule has 5 aromatic rings. The van der Waals surface area contributed by atoms with Gasteiger partial charge in [0.1, 0.15) is 5.75 Å².